The van der Waals surface area contributed by atoms with Gasteiger partial charge < -0.3 is 25.4 Å². The second-order valence-electron chi connectivity index (χ2n) is 9.16. The number of hydrogen-bond acceptors (Lipinski definition) is 5. The van der Waals surface area contributed by atoms with Gasteiger partial charge in [-0.3, -0.25) is 9.59 Å². The van der Waals surface area contributed by atoms with Gasteiger partial charge in [-0.15, -0.1) is 0 Å². The molecule has 0 aliphatic rings. The van der Waals surface area contributed by atoms with Crippen molar-refractivity contribution in [3.8, 4) is 0 Å². The van der Waals surface area contributed by atoms with Crippen molar-refractivity contribution in [3.05, 3.63) is 35.4 Å². The Hall–Kier alpha value is -2.61. The topological polar surface area (TPSA) is 108 Å². The van der Waals surface area contributed by atoms with Crippen molar-refractivity contribution in [2.24, 2.45) is 0 Å². The van der Waals surface area contributed by atoms with Crippen molar-refractivity contribution < 1.29 is 24.2 Å². The van der Waals surface area contributed by atoms with Crippen LogP contribution in [0.3, 0.4) is 0 Å². The van der Waals surface area contributed by atoms with Gasteiger partial charge in [0.05, 0.1) is 6.61 Å². The first-order chi connectivity index (χ1) is 13.7. The maximum absolute atomic E-state index is 13.2. The highest BCUT2D eigenvalue weighted by Gasteiger charge is 2.34. The molecule has 0 aliphatic heterocycles. The first-order valence-electron chi connectivity index (χ1n) is 10.00. The van der Waals surface area contributed by atoms with E-state index in [9.17, 15) is 19.5 Å². The Morgan fingerprint density at radius 2 is 1.70 bits per heavy atom. The number of nitrogens with one attached hydrogen (secondary N) is 2. The van der Waals surface area contributed by atoms with Gasteiger partial charge in [0.2, 0.25) is 11.8 Å². The lowest BCUT2D eigenvalue weighted by Gasteiger charge is -2.34. The summed E-state index contributed by atoms with van der Waals surface area (Å²) < 4.78 is 5.16. The van der Waals surface area contributed by atoms with Gasteiger partial charge in [-0.2, -0.15) is 0 Å². The Morgan fingerprint density at radius 1 is 1.10 bits per heavy atom. The fraction of sp³-hybridized carbons (Fsp3) is 0.591. The Bertz CT molecular complexity index is 750. The minimum Gasteiger partial charge on any atom is -0.444 e. The third-order valence-electron chi connectivity index (χ3n) is 3.99. The van der Waals surface area contributed by atoms with Crippen LogP contribution in [-0.2, 0) is 14.3 Å². The smallest absolute Gasteiger partial charge is 0.408 e. The summed E-state index contributed by atoms with van der Waals surface area (Å²) >= 11 is 0. The van der Waals surface area contributed by atoms with Crippen LogP contribution >= 0.6 is 0 Å². The van der Waals surface area contributed by atoms with E-state index in [0.717, 1.165) is 5.56 Å². The highest BCUT2D eigenvalue weighted by molar-refractivity contribution is 5.91. The molecular formula is C22H35N3O5. The molecule has 8 heteroatoms. The molecular weight excluding hydrogens is 386 g/mol. The molecule has 168 valence electrons. The van der Waals surface area contributed by atoms with Crippen LogP contribution in [0.15, 0.2) is 24.3 Å². The summed E-state index contributed by atoms with van der Waals surface area (Å²) in [5.74, 6) is -0.872. The van der Waals surface area contributed by atoms with E-state index >= 15 is 0 Å². The van der Waals surface area contributed by atoms with Gasteiger partial charge in [0.1, 0.15) is 18.2 Å². The molecule has 8 nitrogen and oxygen atoms in total. The fourth-order valence-electron chi connectivity index (χ4n) is 2.85. The number of benzene rings is 1. The standard InChI is InChI=1S/C22H35N3O5/c1-15-10-8-9-11-16(15)18(19(28)24-21(2,3)4)25(12-13-26)17(27)14-23-20(29)30-22(5,6)7/h8-11,18,26H,12-14H2,1-7H3,(H,23,29)(H,24,28). The summed E-state index contributed by atoms with van der Waals surface area (Å²) in [5.41, 5.74) is 0.273. The van der Waals surface area contributed by atoms with Crippen molar-refractivity contribution in [1.82, 2.24) is 15.5 Å². The number of nitrogens with zero attached hydrogens (tertiary/aromatic N) is 1. The summed E-state index contributed by atoms with van der Waals surface area (Å²) in [6.45, 7) is 11.8. The molecule has 30 heavy (non-hydrogen) atoms. The molecule has 0 fully saturated rings. The van der Waals surface area contributed by atoms with E-state index in [1.165, 1.54) is 4.90 Å². The minimum atomic E-state index is -0.953. The molecule has 0 spiro atoms. The summed E-state index contributed by atoms with van der Waals surface area (Å²) in [6.07, 6.45) is -0.730. The molecule has 3 N–H and O–H groups in total. The Balaban J connectivity index is 3.17. The van der Waals surface area contributed by atoms with Crippen LogP contribution in [-0.4, -0.2) is 58.8 Å². The zero-order valence-electron chi connectivity index (χ0n) is 19.0. The summed E-state index contributed by atoms with van der Waals surface area (Å²) in [6, 6.07) is 6.32. The predicted octanol–water partition coefficient (Wildman–Crippen LogP) is 2.30. The van der Waals surface area contributed by atoms with Gasteiger partial charge in [0, 0.05) is 12.1 Å². The van der Waals surface area contributed by atoms with E-state index in [4.69, 9.17) is 4.74 Å². The van der Waals surface area contributed by atoms with Gasteiger partial charge in [-0.1, -0.05) is 24.3 Å². The third kappa shape index (κ3) is 8.41. The Labute approximate surface area is 179 Å². The molecule has 1 aromatic rings. The first kappa shape index (κ1) is 25.4. The Morgan fingerprint density at radius 3 is 2.20 bits per heavy atom. The molecule has 0 saturated heterocycles. The van der Waals surface area contributed by atoms with Gasteiger partial charge in [-0.05, 0) is 59.6 Å². The van der Waals surface area contributed by atoms with Crippen LogP contribution < -0.4 is 10.6 Å². The number of amides is 3. The first-order valence-corrected chi connectivity index (χ1v) is 10.00. The van der Waals surface area contributed by atoms with Gasteiger partial charge in [0.15, 0.2) is 0 Å². The molecule has 1 unspecified atom stereocenters. The zero-order chi connectivity index (χ0) is 23.1. The van der Waals surface area contributed by atoms with Crippen LogP contribution in [0.4, 0.5) is 4.79 Å². The minimum absolute atomic E-state index is 0.0641. The predicted molar refractivity (Wildman–Crippen MR) is 115 cm³/mol. The normalized spacial score (nSPS) is 12.7. The molecule has 0 aromatic heterocycles. The number of aryl methyl sites for hydroxylation is 1. The van der Waals surface area contributed by atoms with E-state index in [1.54, 1.807) is 32.9 Å². The fourth-order valence-corrected chi connectivity index (χ4v) is 2.85. The third-order valence-corrected chi connectivity index (χ3v) is 3.99. The van der Waals surface area contributed by atoms with Gasteiger partial charge >= 0.3 is 6.09 Å². The van der Waals surface area contributed by atoms with Crippen molar-refractivity contribution in [3.63, 3.8) is 0 Å². The molecule has 0 heterocycles. The molecule has 1 rings (SSSR count). The number of rotatable bonds is 7. The van der Waals surface area contributed by atoms with Crippen LogP contribution in [0.1, 0.15) is 58.7 Å². The number of carbonyl (C=O) groups excluding carboxylic acids is 3. The maximum Gasteiger partial charge on any atom is 0.408 e. The molecule has 1 atom stereocenters. The number of alkyl carbamates (subject to hydrolysis) is 1. The van der Waals surface area contributed by atoms with Crippen molar-refractivity contribution >= 4 is 17.9 Å². The van der Waals surface area contributed by atoms with Crippen molar-refractivity contribution in [2.75, 3.05) is 19.7 Å². The van der Waals surface area contributed by atoms with Gasteiger partial charge in [0.25, 0.3) is 0 Å². The molecule has 0 radical (unpaired) electrons. The Kier molecular flexibility index (Phi) is 8.84. The zero-order valence-corrected chi connectivity index (χ0v) is 19.0. The summed E-state index contributed by atoms with van der Waals surface area (Å²) in [4.78, 5) is 39.3. The number of aliphatic hydroxyl groups excluding tert-OH is 1. The van der Waals surface area contributed by atoms with E-state index in [1.807, 2.05) is 39.8 Å². The number of hydrogen-bond donors (Lipinski definition) is 3. The molecule has 0 saturated carbocycles. The lowest BCUT2D eigenvalue weighted by molar-refractivity contribution is -0.141. The quantitative estimate of drug-likeness (QED) is 0.626. The van der Waals surface area contributed by atoms with E-state index in [2.05, 4.69) is 10.6 Å². The number of aliphatic hydroxyl groups is 1. The highest BCUT2D eigenvalue weighted by Crippen LogP contribution is 2.25. The molecule has 1 aromatic carbocycles. The van der Waals surface area contributed by atoms with Crippen molar-refractivity contribution in [2.45, 2.75) is 65.6 Å². The average Bonchev–Trinajstić information content (AvgIpc) is 2.57. The van der Waals surface area contributed by atoms with Crippen LogP contribution in [0.5, 0.6) is 0 Å². The molecule has 3 amide bonds. The summed E-state index contributed by atoms with van der Waals surface area (Å²) in [7, 11) is 0. The maximum atomic E-state index is 13.2. The van der Waals surface area contributed by atoms with Crippen molar-refractivity contribution in [1.29, 1.82) is 0 Å². The lowest BCUT2D eigenvalue weighted by Crippen LogP contribution is -2.52. The van der Waals surface area contributed by atoms with Crippen LogP contribution in [0.2, 0.25) is 0 Å². The largest absolute Gasteiger partial charge is 0.444 e. The lowest BCUT2D eigenvalue weighted by atomic mass is 9.97. The highest BCUT2D eigenvalue weighted by atomic mass is 16.6. The second-order valence-corrected chi connectivity index (χ2v) is 9.16. The monoisotopic (exact) mass is 421 g/mol. The molecule has 0 aliphatic carbocycles. The SMILES string of the molecule is Cc1ccccc1C(C(=O)NC(C)(C)C)N(CCO)C(=O)CNC(=O)OC(C)(C)C. The number of ether oxygens (including phenoxy) is 1. The molecule has 0 bridgehead atoms. The summed E-state index contributed by atoms with van der Waals surface area (Å²) in [5, 5.41) is 14.9. The average molecular weight is 422 g/mol. The van der Waals surface area contributed by atoms with E-state index in [0.29, 0.717) is 5.56 Å². The van der Waals surface area contributed by atoms with Crippen LogP contribution in [0.25, 0.3) is 0 Å². The number of carbonyl (C=O) groups is 3. The second kappa shape index (κ2) is 10.4. The van der Waals surface area contributed by atoms with E-state index in [-0.39, 0.29) is 25.6 Å². The van der Waals surface area contributed by atoms with Crippen LogP contribution in [0, 0.1) is 6.92 Å². The van der Waals surface area contributed by atoms with Gasteiger partial charge in [-0.25, -0.2) is 4.79 Å². The van der Waals surface area contributed by atoms with E-state index < -0.39 is 29.2 Å².